The molecule has 4 heteroatoms. The quantitative estimate of drug-likeness (QED) is 0.785. The van der Waals surface area contributed by atoms with Crippen molar-refractivity contribution >= 4 is 11.6 Å². The Kier molecular flexibility index (Phi) is 3.17. The second-order valence-electron chi connectivity index (χ2n) is 3.50. The largest absolute Gasteiger partial charge is 0.397 e. The smallest absolute Gasteiger partial charge is 0.270 e. The number of carbonyl (C=O) groups is 1. The van der Waals surface area contributed by atoms with Crippen LogP contribution >= 0.6 is 0 Å². The number of nitrogens with zero attached hydrogens (tertiary/aromatic N) is 2. The summed E-state index contributed by atoms with van der Waals surface area (Å²) in [6.45, 7) is 2.81. The molecule has 0 radical (unpaired) electrons. The van der Waals surface area contributed by atoms with Gasteiger partial charge in [-0.3, -0.25) is 4.79 Å². The van der Waals surface area contributed by atoms with E-state index in [-0.39, 0.29) is 5.91 Å². The molecular weight excluding hydrogens is 178 g/mol. The third kappa shape index (κ3) is 2.07. The number of aryl methyl sites for hydroxylation is 1. The molecule has 0 aliphatic carbocycles. The van der Waals surface area contributed by atoms with E-state index < -0.39 is 0 Å². The van der Waals surface area contributed by atoms with Crippen LogP contribution in [0.1, 0.15) is 23.8 Å². The van der Waals surface area contributed by atoms with Crippen LogP contribution in [0.3, 0.4) is 0 Å². The van der Waals surface area contributed by atoms with Gasteiger partial charge in [0.15, 0.2) is 0 Å². The van der Waals surface area contributed by atoms with E-state index >= 15 is 0 Å². The van der Waals surface area contributed by atoms with Crippen molar-refractivity contribution < 1.29 is 4.79 Å². The van der Waals surface area contributed by atoms with Crippen molar-refractivity contribution in [3.05, 3.63) is 18.0 Å². The molecule has 1 heterocycles. The zero-order valence-electron chi connectivity index (χ0n) is 8.95. The van der Waals surface area contributed by atoms with Crippen LogP contribution in [0.4, 0.5) is 5.69 Å². The topological polar surface area (TPSA) is 51.3 Å². The molecule has 0 aliphatic rings. The Morgan fingerprint density at radius 1 is 1.64 bits per heavy atom. The van der Waals surface area contributed by atoms with Gasteiger partial charge in [-0.25, -0.2) is 0 Å². The fraction of sp³-hybridized carbons (Fsp3) is 0.500. The van der Waals surface area contributed by atoms with Gasteiger partial charge in [-0.1, -0.05) is 6.92 Å². The Labute approximate surface area is 84.3 Å². The summed E-state index contributed by atoms with van der Waals surface area (Å²) in [6, 6.07) is 1.70. The van der Waals surface area contributed by atoms with E-state index in [0.717, 1.165) is 13.0 Å². The minimum atomic E-state index is 0.0195. The van der Waals surface area contributed by atoms with E-state index in [1.54, 1.807) is 28.8 Å². The van der Waals surface area contributed by atoms with Crippen LogP contribution in [-0.2, 0) is 7.05 Å². The third-order valence-electron chi connectivity index (χ3n) is 2.15. The summed E-state index contributed by atoms with van der Waals surface area (Å²) < 4.78 is 1.75. The Balaban J connectivity index is 2.83. The highest BCUT2D eigenvalue weighted by Crippen LogP contribution is 2.10. The lowest BCUT2D eigenvalue weighted by molar-refractivity contribution is 0.0786. The molecule has 0 aliphatic heterocycles. The maximum absolute atomic E-state index is 11.8. The lowest BCUT2D eigenvalue weighted by Crippen LogP contribution is -2.28. The van der Waals surface area contributed by atoms with Gasteiger partial charge in [-0.05, 0) is 12.5 Å². The fourth-order valence-corrected chi connectivity index (χ4v) is 1.44. The van der Waals surface area contributed by atoms with Gasteiger partial charge in [-0.2, -0.15) is 0 Å². The second kappa shape index (κ2) is 4.17. The summed E-state index contributed by atoms with van der Waals surface area (Å²) in [6.07, 6.45) is 2.70. The average Bonchev–Trinajstić information content (AvgIpc) is 2.44. The van der Waals surface area contributed by atoms with Gasteiger partial charge in [0, 0.05) is 26.8 Å². The normalized spacial score (nSPS) is 10.2. The number of amides is 1. The van der Waals surface area contributed by atoms with Crippen LogP contribution in [0.5, 0.6) is 0 Å². The second-order valence-corrected chi connectivity index (χ2v) is 3.50. The lowest BCUT2D eigenvalue weighted by Gasteiger charge is -2.15. The molecule has 0 saturated carbocycles. The van der Waals surface area contributed by atoms with Crippen LogP contribution in [0, 0.1) is 0 Å². The highest BCUT2D eigenvalue weighted by Gasteiger charge is 2.14. The first-order valence-corrected chi connectivity index (χ1v) is 4.73. The maximum atomic E-state index is 11.8. The summed E-state index contributed by atoms with van der Waals surface area (Å²) in [7, 11) is 3.62. The fourth-order valence-electron chi connectivity index (χ4n) is 1.44. The molecule has 1 aromatic heterocycles. The minimum Gasteiger partial charge on any atom is -0.397 e. The zero-order chi connectivity index (χ0) is 10.7. The minimum absolute atomic E-state index is 0.0195. The lowest BCUT2D eigenvalue weighted by atomic mass is 10.3. The molecule has 1 rings (SSSR count). The summed E-state index contributed by atoms with van der Waals surface area (Å²) in [5.41, 5.74) is 6.86. The summed E-state index contributed by atoms with van der Waals surface area (Å²) in [5.74, 6) is 0.0195. The van der Waals surface area contributed by atoms with Crippen LogP contribution in [0.15, 0.2) is 12.3 Å². The molecule has 14 heavy (non-hydrogen) atoms. The van der Waals surface area contributed by atoms with Crippen molar-refractivity contribution in [2.45, 2.75) is 13.3 Å². The van der Waals surface area contributed by atoms with E-state index in [1.807, 2.05) is 14.0 Å². The van der Waals surface area contributed by atoms with Crippen LogP contribution in [0.25, 0.3) is 0 Å². The molecule has 1 amide bonds. The number of aromatic nitrogens is 1. The molecule has 0 bridgehead atoms. The molecule has 78 valence electrons. The first-order chi connectivity index (χ1) is 6.56. The highest BCUT2D eigenvalue weighted by atomic mass is 16.2. The van der Waals surface area contributed by atoms with Gasteiger partial charge in [0.2, 0.25) is 0 Å². The van der Waals surface area contributed by atoms with Crippen LogP contribution in [0.2, 0.25) is 0 Å². The van der Waals surface area contributed by atoms with Crippen molar-refractivity contribution in [2.75, 3.05) is 19.3 Å². The van der Waals surface area contributed by atoms with Crippen molar-refractivity contribution in [2.24, 2.45) is 7.05 Å². The predicted octanol–water partition coefficient (Wildman–Crippen LogP) is 1.09. The molecule has 0 unspecified atom stereocenters. The van der Waals surface area contributed by atoms with Crippen molar-refractivity contribution in [3.8, 4) is 0 Å². The summed E-state index contributed by atoms with van der Waals surface area (Å²) >= 11 is 0. The average molecular weight is 195 g/mol. The number of anilines is 1. The maximum Gasteiger partial charge on any atom is 0.270 e. The molecule has 4 nitrogen and oxygen atoms in total. The number of hydrogen-bond acceptors (Lipinski definition) is 2. The van der Waals surface area contributed by atoms with Crippen molar-refractivity contribution in [1.82, 2.24) is 9.47 Å². The molecule has 1 aromatic rings. The van der Waals surface area contributed by atoms with Crippen LogP contribution < -0.4 is 5.73 Å². The van der Waals surface area contributed by atoms with Gasteiger partial charge < -0.3 is 15.2 Å². The molecule has 0 spiro atoms. The monoisotopic (exact) mass is 195 g/mol. The molecule has 2 N–H and O–H groups in total. The zero-order valence-corrected chi connectivity index (χ0v) is 8.95. The first kappa shape index (κ1) is 10.6. The standard InChI is InChI=1S/C10H17N3O/c1-4-5-12(2)10(14)9-6-8(11)7-13(9)3/h6-7H,4-5,11H2,1-3H3. The number of rotatable bonds is 3. The molecular formula is C10H17N3O. The Morgan fingerprint density at radius 2 is 2.29 bits per heavy atom. The van der Waals surface area contributed by atoms with Gasteiger partial charge in [0.1, 0.15) is 5.69 Å². The van der Waals surface area contributed by atoms with Gasteiger partial charge in [0.05, 0.1) is 5.69 Å². The summed E-state index contributed by atoms with van der Waals surface area (Å²) in [5, 5.41) is 0. The van der Waals surface area contributed by atoms with Crippen LogP contribution in [-0.4, -0.2) is 29.0 Å². The third-order valence-corrected chi connectivity index (χ3v) is 2.15. The van der Waals surface area contributed by atoms with Crippen molar-refractivity contribution in [1.29, 1.82) is 0 Å². The number of hydrogen-bond donors (Lipinski definition) is 1. The molecule has 0 saturated heterocycles. The Morgan fingerprint density at radius 3 is 2.71 bits per heavy atom. The number of carbonyl (C=O) groups excluding carboxylic acids is 1. The predicted molar refractivity (Wildman–Crippen MR) is 57.1 cm³/mol. The SMILES string of the molecule is CCCN(C)C(=O)c1cc(N)cn1C. The van der Waals surface area contributed by atoms with Gasteiger partial charge >= 0.3 is 0 Å². The number of nitrogen functional groups attached to an aromatic ring is 1. The Bertz CT molecular complexity index is 330. The van der Waals surface area contributed by atoms with E-state index in [4.69, 9.17) is 5.73 Å². The molecule has 0 fully saturated rings. The highest BCUT2D eigenvalue weighted by molar-refractivity contribution is 5.93. The summed E-state index contributed by atoms with van der Waals surface area (Å²) in [4.78, 5) is 13.5. The van der Waals surface area contributed by atoms with E-state index in [9.17, 15) is 4.79 Å². The van der Waals surface area contributed by atoms with E-state index in [0.29, 0.717) is 11.4 Å². The van der Waals surface area contributed by atoms with Crippen molar-refractivity contribution in [3.63, 3.8) is 0 Å². The van der Waals surface area contributed by atoms with E-state index in [1.165, 1.54) is 0 Å². The molecule has 0 aromatic carbocycles. The molecule has 0 atom stereocenters. The van der Waals surface area contributed by atoms with E-state index in [2.05, 4.69) is 0 Å². The number of nitrogens with two attached hydrogens (primary N) is 1. The van der Waals surface area contributed by atoms with Gasteiger partial charge in [0.25, 0.3) is 5.91 Å². The first-order valence-electron chi connectivity index (χ1n) is 4.73. The van der Waals surface area contributed by atoms with Gasteiger partial charge in [-0.15, -0.1) is 0 Å². The Hall–Kier alpha value is -1.45.